The number of ether oxygens (including phenoxy) is 1. The quantitative estimate of drug-likeness (QED) is 0.874. The van der Waals surface area contributed by atoms with Crippen LogP contribution in [0.25, 0.3) is 0 Å². The van der Waals surface area contributed by atoms with Crippen LogP contribution in [0.3, 0.4) is 0 Å². The largest absolute Gasteiger partial charge is 0.481 e. The minimum absolute atomic E-state index is 0.438. The summed E-state index contributed by atoms with van der Waals surface area (Å²) in [5.74, 6) is -0.961. The van der Waals surface area contributed by atoms with Crippen LogP contribution >= 0.6 is 11.6 Å². The van der Waals surface area contributed by atoms with Gasteiger partial charge in [0.05, 0.1) is 0 Å². The molecule has 0 radical (unpaired) electrons. The fraction of sp³-hybridized carbons (Fsp3) is 0.429. The number of rotatable bonds is 5. The molecule has 1 unspecified atom stereocenters. The molecule has 0 aliphatic heterocycles. The second kappa shape index (κ2) is 5.71. The van der Waals surface area contributed by atoms with E-state index in [1.165, 1.54) is 0 Å². The molecule has 2 N–H and O–H groups in total. The molecule has 0 spiro atoms. The fourth-order valence-corrected chi connectivity index (χ4v) is 2.24. The van der Waals surface area contributed by atoms with Gasteiger partial charge in [-0.15, -0.1) is 0 Å². The summed E-state index contributed by atoms with van der Waals surface area (Å²) >= 11 is 5.83. The van der Waals surface area contributed by atoms with Crippen molar-refractivity contribution >= 4 is 23.5 Å². The summed E-state index contributed by atoms with van der Waals surface area (Å²) in [6, 6.07) is 6.70. The smallest absolute Gasteiger partial charge is 0.329 e. The number of hydrogen-bond donors (Lipinski definition) is 2. The Morgan fingerprint density at radius 2 is 2.15 bits per heavy atom. The van der Waals surface area contributed by atoms with E-state index in [0.29, 0.717) is 23.6 Å². The van der Waals surface area contributed by atoms with E-state index >= 15 is 0 Å². The molecule has 108 valence electrons. The average Bonchev–Trinajstić information content (AvgIpc) is 2.32. The number of carboxylic acid groups (broad SMARTS) is 1. The van der Waals surface area contributed by atoms with Crippen molar-refractivity contribution in [3.8, 4) is 5.75 Å². The van der Waals surface area contributed by atoms with E-state index in [-0.39, 0.29) is 0 Å². The number of amides is 1. The molecule has 1 aromatic rings. The molecule has 0 heterocycles. The summed E-state index contributed by atoms with van der Waals surface area (Å²) < 4.78 is 5.46. The molecular weight excluding hydrogens is 282 g/mol. The lowest BCUT2D eigenvalue weighted by atomic mass is 9.76. The summed E-state index contributed by atoms with van der Waals surface area (Å²) in [4.78, 5) is 23.2. The van der Waals surface area contributed by atoms with E-state index in [1.807, 2.05) is 0 Å². The highest BCUT2D eigenvalue weighted by atomic mass is 35.5. The van der Waals surface area contributed by atoms with Gasteiger partial charge in [0.1, 0.15) is 11.3 Å². The zero-order valence-corrected chi connectivity index (χ0v) is 11.8. The molecule has 2 rings (SSSR count). The summed E-state index contributed by atoms with van der Waals surface area (Å²) in [5.41, 5.74) is -1.12. The van der Waals surface area contributed by atoms with Gasteiger partial charge in [0.15, 0.2) is 6.10 Å². The Morgan fingerprint density at radius 3 is 2.65 bits per heavy atom. The molecule has 1 aliphatic rings. The first-order valence-electron chi connectivity index (χ1n) is 6.41. The Labute approximate surface area is 121 Å². The molecule has 5 nitrogen and oxygen atoms in total. The summed E-state index contributed by atoms with van der Waals surface area (Å²) in [6.07, 6.45) is 0.928. The van der Waals surface area contributed by atoms with Crippen LogP contribution in [-0.2, 0) is 9.59 Å². The first-order chi connectivity index (χ1) is 9.43. The van der Waals surface area contributed by atoms with Crippen LogP contribution in [0.2, 0.25) is 5.02 Å². The third-order valence-corrected chi connectivity index (χ3v) is 3.69. The molecule has 0 saturated heterocycles. The predicted octanol–water partition coefficient (Wildman–Crippen LogP) is 2.23. The van der Waals surface area contributed by atoms with E-state index in [4.69, 9.17) is 21.4 Å². The maximum atomic E-state index is 12.0. The topological polar surface area (TPSA) is 75.6 Å². The average molecular weight is 298 g/mol. The summed E-state index contributed by atoms with van der Waals surface area (Å²) in [5, 5.41) is 12.2. The van der Waals surface area contributed by atoms with Gasteiger partial charge in [-0.3, -0.25) is 4.79 Å². The van der Waals surface area contributed by atoms with E-state index < -0.39 is 23.5 Å². The van der Waals surface area contributed by atoms with Crippen LogP contribution in [0.5, 0.6) is 5.75 Å². The maximum absolute atomic E-state index is 12.0. The zero-order valence-electron chi connectivity index (χ0n) is 11.1. The molecule has 20 heavy (non-hydrogen) atoms. The number of nitrogens with one attached hydrogen (secondary N) is 1. The van der Waals surface area contributed by atoms with Gasteiger partial charge in [0.2, 0.25) is 0 Å². The Morgan fingerprint density at radius 1 is 1.45 bits per heavy atom. The number of hydrogen-bond acceptors (Lipinski definition) is 3. The minimum Gasteiger partial charge on any atom is -0.481 e. The second-order valence-electron chi connectivity index (χ2n) is 4.95. The number of aliphatic carboxylic acids is 1. The normalized spacial score (nSPS) is 17.7. The van der Waals surface area contributed by atoms with E-state index in [1.54, 1.807) is 31.2 Å². The van der Waals surface area contributed by atoms with Crippen molar-refractivity contribution in [1.82, 2.24) is 5.32 Å². The number of halogens is 1. The molecule has 1 saturated carbocycles. The van der Waals surface area contributed by atoms with Crippen LogP contribution in [0, 0.1) is 0 Å². The zero-order chi connectivity index (χ0) is 14.8. The predicted molar refractivity (Wildman–Crippen MR) is 73.9 cm³/mol. The lowest BCUT2D eigenvalue weighted by Crippen LogP contribution is -2.61. The standard InChI is InChI=1S/C14H16ClNO4/c1-9(20-11-5-2-4-10(15)8-11)12(17)16-14(13(18)19)6-3-7-14/h2,4-5,8-9H,3,6-7H2,1H3,(H,16,17)(H,18,19). The highest BCUT2D eigenvalue weighted by Gasteiger charge is 2.46. The van der Waals surface area contributed by atoms with Gasteiger partial charge in [-0.1, -0.05) is 17.7 Å². The third-order valence-electron chi connectivity index (χ3n) is 3.46. The lowest BCUT2D eigenvalue weighted by Gasteiger charge is -2.38. The van der Waals surface area contributed by atoms with Gasteiger partial charge in [0, 0.05) is 5.02 Å². The van der Waals surface area contributed by atoms with Crippen molar-refractivity contribution in [2.24, 2.45) is 0 Å². The Balaban J connectivity index is 1.97. The van der Waals surface area contributed by atoms with Crippen LogP contribution in [0.1, 0.15) is 26.2 Å². The number of carboxylic acids is 1. The Bertz CT molecular complexity index is 528. The number of benzene rings is 1. The fourth-order valence-electron chi connectivity index (χ4n) is 2.06. The molecule has 0 aromatic heterocycles. The maximum Gasteiger partial charge on any atom is 0.329 e. The van der Waals surface area contributed by atoms with Gasteiger partial charge < -0.3 is 15.2 Å². The van der Waals surface area contributed by atoms with Crippen LogP contribution in [0.4, 0.5) is 0 Å². The van der Waals surface area contributed by atoms with Crippen molar-refractivity contribution < 1.29 is 19.4 Å². The number of carbonyl (C=O) groups is 2. The second-order valence-corrected chi connectivity index (χ2v) is 5.38. The Kier molecular flexibility index (Phi) is 4.18. The molecule has 1 atom stereocenters. The minimum atomic E-state index is -1.12. The van der Waals surface area contributed by atoms with Crippen molar-refractivity contribution in [2.75, 3.05) is 0 Å². The van der Waals surface area contributed by atoms with Gasteiger partial charge in [-0.2, -0.15) is 0 Å². The van der Waals surface area contributed by atoms with E-state index in [2.05, 4.69) is 5.32 Å². The van der Waals surface area contributed by atoms with Crippen molar-refractivity contribution in [1.29, 1.82) is 0 Å². The first-order valence-corrected chi connectivity index (χ1v) is 6.78. The highest BCUT2D eigenvalue weighted by molar-refractivity contribution is 6.30. The van der Waals surface area contributed by atoms with Gasteiger partial charge >= 0.3 is 5.97 Å². The molecule has 6 heteroatoms. The third kappa shape index (κ3) is 3.04. The van der Waals surface area contributed by atoms with Gasteiger partial charge in [0.25, 0.3) is 5.91 Å². The Hall–Kier alpha value is -1.75. The molecule has 0 bridgehead atoms. The number of carbonyl (C=O) groups excluding carboxylic acids is 1. The summed E-state index contributed by atoms with van der Waals surface area (Å²) in [7, 11) is 0. The van der Waals surface area contributed by atoms with Crippen LogP contribution < -0.4 is 10.1 Å². The van der Waals surface area contributed by atoms with Crippen LogP contribution in [0.15, 0.2) is 24.3 Å². The van der Waals surface area contributed by atoms with E-state index in [9.17, 15) is 9.59 Å². The molecular formula is C14H16ClNO4. The summed E-state index contributed by atoms with van der Waals surface area (Å²) in [6.45, 7) is 1.57. The van der Waals surface area contributed by atoms with Crippen molar-refractivity contribution in [3.05, 3.63) is 29.3 Å². The molecule has 1 fully saturated rings. The molecule has 1 aliphatic carbocycles. The molecule has 1 aromatic carbocycles. The highest BCUT2D eigenvalue weighted by Crippen LogP contribution is 2.32. The lowest BCUT2D eigenvalue weighted by molar-refractivity contribution is -0.152. The van der Waals surface area contributed by atoms with Crippen molar-refractivity contribution in [3.63, 3.8) is 0 Å². The van der Waals surface area contributed by atoms with Gasteiger partial charge in [-0.25, -0.2) is 4.79 Å². The SMILES string of the molecule is CC(Oc1cccc(Cl)c1)C(=O)NC1(C(=O)O)CCC1. The van der Waals surface area contributed by atoms with Crippen LogP contribution in [-0.4, -0.2) is 28.6 Å². The molecule has 1 amide bonds. The van der Waals surface area contributed by atoms with E-state index in [0.717, 1.165) is 6.42 Å². The van der Waals surface area contributed by atoms with Gasteiger partial charge in [-0.05, 0) is 44.4 Å². The first kappa shape index (κ1) is 14.7. The van der Waals surface area contributed by atoms with Crippen molar-refractivity contribution in [2.45, 2.75) is 37.8 Å². The monoisotopic (exact) mass is 297 g/mol.